The van der Waals surface area contributed by atoms with E-state index in [-0.39, 0.29) is 5.75 Å². The molecule has 1 N–H and O–H groups in total. The summed E-state index contributed by atoms with van der Waals surface area (Å²) in [5.41, 5.74) is 1.89. The molecule has 0 radical (unpaired) electrons. The molecule has 0 bridgehead atoms. The predicted octanol–water partition coefficient (Wildman–Crippen LogP) is 2.19. The van der Waals surface area contributed by atoms with Gasteiger partial charge in [0.1, 0.15) is 5.75 Å². The number of nitrogens with zero attached hydrogens (tertiary/aromatic N) is 6. The molecule has 2 fully saturated rings. The number of phenols is 1. The highest BCUT2D eigenvalue weighted by molar-refractivity contribution is 7.88. The summed E-state index contributed by atoms with van der Waals surface area (Å²) in [6.45, 7) is 7.93. The van der Waals surface area contributed by atoms with Crippen LogP contribution in [0.1, 0.15) is 10.4 Å². The molecule has 4 heterocycles. The second-order valence-corrected chi connectivity index (χ2v) is 12.2. The van der Waals surface area contributed by atoms with E-state index in [1.54, 1.807) is 29.5 Å². The normalized spacial score (nSPS) is 18.0. The van der Waals surface area contributed by atoms with Crippen molar-refractivity contribution in [2.45, 2.75) is 13.5 Å². The van der Waals surface area contributed by atoms with Crippen molar-refractivity contribution in [3.63, 3.8) is 0 Å². The van der Waals surface area contributed by atoms with Crippen molar-refractivity contribution in [1.29, 1.82) is 0 Å². The maximum Gasteiger partial charge on any atom is 0.229 e. The van der Waals surface area contributed by atoms with Crippen LogP contribution >= 0.6 is 11.3 Å². The molecule has 2 aliphatic heterocycles. The Hall–Kier alpha value is -2.64. The summed E-state index contributed by atoms with van der Waals surface area (Å²) in [6.07, 6.45) is 1.27. The molecule has 0 saturated carbocycles. The summed E-state index contributed by atoms with van der Waals surface area (Å²) in [5.74, 6) is 1.88. The minimum Gasteiger partial charge on any atom is -0.508 e. The molecule has 0 aliphatic carbocycles. The third-order valence-electron chi connectivity index (χ3n) is 6.43. The summed E-state index contributed by atoms with van der Waals surface area (Å²) in [5, 5.41) is 10.00. The number of morpholine rings is 1. The third kappa shape index (κ3) is 5.68. The molecule has 2 aromatic heterocycles. The van der Waals surface area contributed by atoms with E-state index in [0.29, 0.717) is 70.1 Å². The molecule has 2 aliphatic rings. The molecular weight excluding hydrogens is 500 g/mol. The molecule has 36 heavy (non-hydrogen) atoms. The second kappa shape index (κ2) is 10.4. The van der Waals surface area contributed by atoms with Gasteiger partial charge in [0.25, 0.3) is 0 Å². The van der Waals surface area contributed by atoms with Gasteiger partial charge in [0, 0.05) is 56.3 Å². The van der Waals surface area contributed by atoms with Crippen molar-refractivity contribution in [3.05, 3.63) is 40.8 Å². The minimum atomic E-state index is -3.15. The third-order valence-corrected chi connectivity index (χ3v) is 8.95. The first-order chi connectivity index (χ1) is 17.3. The largest absolute Gasteiger partial charge is 0.508 e. The van der Waals surface area contributed by atoms with Crippen LogP contribution in [-0.2, 0) is 21.3 Å². The van der Waals surface area contributed by atoms with Gasteiger partial charge in [0.05, 0.1) is 24.3 Å². The van der Waals surface area contributed by atoms with Crippen molar-refractivity contribution >= 4 is 27.3 Å². The van der Waals surface area contributed by atoms with Gasteiger partial charge in [0.15, 0.2) is 11.6 Å². The number of phenolic OH excluding ortho intramolecular Hbond substituents is 1. The fraction of sp³-hybridized carbons (Fsp3) is 0.458. The van der Waals surface area contributed by atoms with E-state index in [4.69, 9.17) is 19.7 Å². The number of thiophene rings is 1. The number of rotatable bonds is 6. The second-order valence-electron chi connectivity index (χ2n) is 9.09. The molecule has 1 aromatic carbocycles. The molecule has 192 valence electrons. The predicted molar refractivity (Wildman–Crippen MR) is 140 cm³/mol. The Morgan fingerprint density at radius 3 is 2.42 bits per heavy atom. The number of benzene rings is 1. The van der Waals surface area contributed by atoms with Gasteiger partial charge < -0.3 is 14.7 Å². The van der Waals surface area contributed by atoms with Crippen molar-refractivity contribution in [3.8, 4) is 27.8 Å². The smallest absolute Gasteiger partial charge is 0.229 e. The van der Waals surface area contributed by atoms with Crippen molar-refractivity contribution in [2.75, 3.05) is 63.6 Å². The Morgan fingerprint density at radius 1 is 1.00 bits per heavy atom. The van der Waals surface area contributed by atoms with Crippen LogP contribution in [0.4, 0.5) is 5.95 Å². The number of hydrogen-bond donors (Lipinski definition) is 1. The van der Waals surface area contributed by atoms with E-state index in [0.717, 1.165) is 22.5 Å². The number of anilines is 1. The number of ether oxygens (including phenoxy) is 1. The molecule has 0 unspecified atom stereocenters. The maximum absolute atomic E-state index is 11.8. The zero-order valence-corrected chi connectivity index (χ0v) is 22.1. The minimum absolute atomic E-state index is 0.160. The molecule has 10 nitrogen and oxygen atoms in total. The van der Waals surface area contributed by atoms with E-state index in [9.17, 15) is 13.5 Å². The Bertz CT molecular complexity index is 1330. The Labute approximate surface area is 215 Å². The molecule has 0 amide bonds. The number of sulfonamides is 1. The van der Waals surface area contributed by atoms with E-state index in [2.05, 4.69) is 22.8 Å². The SMILES string of the molecule is Cc1cc(-c2nc(-c3cccc(O)c3)nc(N3CCOCC3)n2)sc1CN1CCN(S(C)(=O)=O)CC1. The van der Waals surface area contributed by atoms with Gasteiger partial charge in [0.2, 0.25) is 16.0 Å². The standard InChI is InChI=1S/C24H30N6O4S2/c1-17-14-20(35-21(17)16-28-6-8-30(9-7-28)36(2,32)33)23-25-22(18-4-3-5-19(31)15-18)26-24(27-23)29-10-12-34-13-11-29/h3-5,14-15,31H,6-13,16H2,1-2H3. The van der Waals surface area contributed by atoms with Gasteiger partial charge in [-0.25, -0.2) is 13.4 Å². The summed E-state index contributed by atoms with van der Waals surface area (Å²) in [6, 6.07) is 9.04. The fourth-order valence-electron chi connectivity index (χ4n) is 4.36. The number of aromatic nitrogens is 3. The van der Waals surface area contributed by atoms with Crippen LogP contribution in [0, 0.1) is 6.92 Å². The lowest BCUT2D eigenvalue weighted by atomic mass is 10.2. The zero-order chi connectivity index (χ0) is 25.3. The van der Waals surface area contributed by atoms with Crippen LogP contribution in [0.5, 0.6) is 5.75 Å². The highest BCUT2D eigenvalue weighted by Crippen LogP contribution is 2.33. The van der Waals surface area contributed by atoms with E-state index in [1.807, 2.05) is 6.07 Å². The Kier molecular flexibility index (Phi) is 7.22. The van der Waals surface area contributed by atoms with E-state index >= 15 is 0 Å². The topological polar surface area (TPSA) is 112 Å². The zero-order valence-electron chi connectivity index (χ0n) is 20.4. The highest BCUT2D eigenvalue weighted by Gasteiger charge is 2.25. The molecule has 5 rings (SSSR count). The maximum atomic E-state index is 11.8. The van der Waals surface area contributed by atoms with Crippen molar-refractivity contribution < 1.29 is 18.3 Å². The number of aryl methyl sites for hydroxylation is 1. The summed E-state index contributed by atoms with van der Waals surface area (Å²) in [7, 11) is -3.15. The Morgan fingerprint density at radius 2 is 1.72 bits per heavy atom. The van der Waals surface area contributed by atoms with Gasteiger partial charge in [-0.15, -0.1) is 11.3 Å². The van der Waals surface area contributed by atoms with Crippen LogP contribution in [-0.4, -0.2) is 96.4 Å². The number of hydrogen-bond acceptors (Lipinski definition) is 10. The fourth-order valence-corrected chi connectivity index (χ4v) is 6.34. The number of aromatic hydroxyl groups is 1. The monoisotopic (exact) mass is 530 g/mol. The van der Waals surface area contributed by atoms with Gasteiger partial charge in [-0.3, -0.25) is 4.90 Å². The average molecular weight is 531 g/mol. The van der Waals surface area contributed by atoms with Gasteiger partial charge in [-0.2, -0.15) is 14.3 Å². The quantitative estimate of drug-likeness (QED) is 0.513. The van der Waals surface area contributed by atoms with Crippen LogP contribution in [0.15, 0.2) is 30.3 Å². The van der Waals surface area contributed by atoms with Gasteiger partial charge in [-0.05, 0) is 30.7 Å². The molecule has 0 spiro atoms. The van der Waals surface area contributed by atoms with Crippen LogP contribution in [0.3, 0.4) is 0 Å². The first-order valence-corrected chi connectivity index (χ1v) is 14.6. The molecule has 3 aromatic rings. The highest BCUT2D eigenvalue weighted by atomic mass is 32.2. The molecule has 2 saturated heterocycles. The molecule has 12 heteroatoms. The van der Waals surface area contributed by atoms with Gasteiger partial charge >= 0.3 is 0 Å². The average Bonchev–Trinajstić information content (AvgIpc) is 3.24. The Balaban J connectivity index is 1.42. The lowest BCUT2D eigenvalue weighted by Gasteiger charge is -2.33. The summed E-state index contributed by atoms with van der Waals surface area (Å²) >= 11 is 1.66. The van der Waals surface area contributed by atoms with E-state index in [1.165, 1.54) is 15.4 Å². The first kappa shape index (κ1) is 25.0. The van der Waals surface area contributed by atoms with Crippen LogP contribution in [0.2, 0.25) is 0 Å². The first-order valence-electron chi connectivity index (χ1n) is 11.9. The van der Waals surface area contributed by atoms with Crippen LogP contribution in [0.25, 0.3) is 22.1 Å². The van der Waals surface area contributed by atoms with Crippen molar-refractivity contribution in [2.24, 2.45) is 0 Å². The number of piperazine rings is 1. The van der Waals surface area contributed by atoms with E-state index < -0.39 is 10.0 Å². The van der Waals surface area contributed by atoms with Crippen LogP contribution < -0.4 is 4.90 Å². The lowest BCUT2D eigenvalue weighted by molar-refractivity contribution is 0.122. The lowest BCUT2D eigenvalue weighted by Crippen LogP contribution is -2.47. The van der Waals surface area contributed by atoms with Gasteiger partial charge in [-0.1, -0.05) is 12.1 Å². The summed E-state index contributed by atoms with van der Waals surface area (Å²) < 4.78 is 30.7. The van der Waals surface area contributed by atoms with Crippen molar-refractivity contribution in [1.82, 2.24) is 24.2 Å². The summed E-state index contributed by atoms with van der Waals surface area (Å²) in [4.78, 5) is 20.9. The molecular formula is C24H30N6O4S2. The molecule has 0 atom stereocenters.